The van der Waals surface area contributed by atoms with E-state index < -0.39 is 5.97 Å². The van der Waals surface area contributed by atoms with Gasteiger partial charge in [0.05, 0.1) is 6.42 Å². The maximum atomic E-state index is 11.4. The van der Waals surface area contributed by atoms with Gasteiger partial charge in [-0.05, 0) is 35.2 Å². The molecule has 0 spiro atoms. The van der Waals surface area contributed by atoms with Gasteiger partial charge < -0.3 is 10.1 Å². The van der Waals surface area contributed by atoms with Crippen LogP contribution in [0.15, 0.2) is 48.7 Å². The van der Waals surface area contributed by atoms with Gasteiger partial charge in [-0.15, -0.1) is 0 Å². The molecule has 0 radical (unpaired) electrons. The first-order valence-electron chi connectivity index (χ1n) is 7.66. The van der Waals surface area contributed by atoms with Crippen LogP contribution in [0.3, 0.4) is 0 Å². The third kappa shape index (κ3) is 3.10. The first kappa shape index (κ1) is 15.6. The Balaban J connectivity index is 2.13. The van der Waals surface area contributed by atoms with E-state index in [1.54, 1.807) is 12.1 Å². The van der Waals surface area contributed by atoms with Crippen molar-refractivity contribution in [2.24, 2.45) is 0 Å². The average molecular weight is 328 g/mol. The van der Waals surface area contributed by atoms with Crippen molar-refractivity contribution in [2.45, 2.75) is 25.7 Å². The zero-order chi connectivity index (χ0) is 16.4. The van der Waals surface area contributed by atoms with Crippen molar-refractivity contribution >= 4 is 28.5 Å². The Labute approximate surface area is 139 Å². The Morgan fingerprint density at radius 2 is 1.96 bits per heavy atom. The third-order valence-corrected chi connectivity index (χ3v) is 4.49. The lowest BCUT2D eigenvalue weighted by molar-refractivity contribution is -0.137. The van der Waals surface area contributed by atoms with E-state index in [0.29, 0.717) is 5.02 Å². The number of carboxylic acid groups (broad SMARTS) is 1. The van der Waals surface area contributed by atoms with Crippen molar-refractivity contribution in [3.8, 4) is 0 Å². The van der Waals surface area contributed by atoms with Gasteiger partial charge in [0.2, 0.25) is 0 Å². The largest absolute Gasteiger partial charge is 0.481 e. The predicted molar refractivity (Wildman–Crippen MR) is 93.2 cm³/mol. The van der Waals surface area contributed by atoms with E-state index in [2.05, 4.69) is 18.0 Å². The quantitative estimate of drug-likeness (QED) is 0.693. The van der Waals surface area contributed by atoms with E-state index in [-0.39, 0.29) is 12.3 Å². The highest BCUT2D eigenvalue weighted by atomic mass is 35.5. The van der Waals surface area contributed by atoms with Gasteiger partial charge in [-0.1, -0.05) is 48.9 Å². The highest BCUT2D eigenvalue weighted by Crippen LogP contribution is 2.35. The molecule has 0 fully saturated rings. The molecule has 0 aliphatic heterocycles. The summed E-state index contributed by atoms with van der Waals surface area (Å²) in [6.07, 6.45) is 2.92. The SMILES string of the molecule is CCc1cccc2c([C@@H](CC(=O)O)c3ccc(Cl)cc3)c[nH]c12. The van der Waals surface area contributed by atoms with E-state index in [1.165, 1.54) is 5.56 Å². The molecule has 4 heteroatoms. The van der Waals surface area contributed by atoms with Gasteiger partial charge in [0, 0.05) is 28.0 Å². The first-order valence-corrected chi connectivity index (χ1v) is 8.04. The zero-order valence-corrected chi connectivity index (χ0v) is 13.6. The molecule has 3 rings (SSSR count). The number of carbonyl (C=O) groups is 1. The molecule has 0 aliphatic carbocycles. The summed E-state index contributed by atoms with van der Waals surface area (Å²) in [5.41, 5.74) is 4.30. The number of aromatic amines is 1. The second kappa shape index (κ2) is 6.47. The van der Waals surface area contributed by atoms with Crippen LogP contribution in [-0.2, 0) is 11.2 Å². The van der Waals surface area contributed by atoms with Crippen LogP contribution < -0.4 is 0 Å². The van der Waals surface area contributed by atoms with Gasteiger partial charge >= 0.3 is 5.97 Å². The monoisotopic (exact) mass is 327 g/mol. The normalized spacial score (nSPS) is 12.4. The lowest BCUT2D eigenvalue weighted by Crippen LogP contribution is -2.07. The maximum Gasteiger partial charge on any atom is 0.304 e. The van der Waals surface area contributed by atoms with E-state index in [1.807, 2.05) is 30.5 Å². The molecule has 1 aromatic heterocycles. The molecular formula is C19H18ClNO2. The summed E-state index contributed by atoms with van der Waals surface area (Å²) in [5.74, 6) is -1.02. The molecule has 0 saturated heterocycles. The summed E-state index contributed by atoms with van der Waals surface area (Å²) >= 11 is 5.96. The Morgan fingerprint density at radius 1 is 1.22 bits per heavy atom. The number of fused-ring (bicyclic) bond motifs is 1. The number of aryl methyl sites for hydroxylation is 1. The van der Waals surface area contributed by atoms with Crippen LogP contribution in [0.4, 0.5) is 0 Å². The van der Waals surface area contributed by atoms with Crippen molar-refractivity contribution in [3.05, 3.63) is 70.4 Å². The first-order chi connectivity index (χ1) is 11.1. The average Bonchev–Trinajstić information content (AvgIpc) is 2.97. The highest BCUT2D eigenvalue weighted by molar-refractivity contribution is 6.30. The second-order valence-corrected chi connectivity index (χ2v) is 6.08. The summed E-state index contributed by atoms with van der Waals surface area (Å²) in [5, 5.41) is 11.1. The molecule has 1 heterocycles. The van der Waals surface area contributed by atoms with Gasteiger partial charge in [-0.25, -0.2) is 0 Å². The molecule has 0 amide bonds. The number of aromatic nitrogens is 1. The minimum Gasteiger partial charge on any atom is -0.481 e. The molecule has 0 saturated carbocycles. The molecule has 3 nitrogen and oxygen atoms in total. The Bertz CT molecular complexity index is 836. The van der Waals surface area contributed by atoms with E-state index in [9.17, 15) is 9.90 Å². The molecule has 2 aromatic carbocycles. The summed E-state index contributed by atoms with van der Waals surface area (Å²) in [6.45, 7) is 2.11. The predicted octanol–water partition coefficient (Wildman–Crippen LogP) is 4.99. The molecule has 2 N–H and O–H groups in total. The van der Waals surface area contributed by atoms with Gasteiger partial charge in [0.15, 0.2) is 0 Å². The van der Waals surface area contributed by atoms with Crippen LogP contribution in [0.1, 0.15) is 36.0 Å². The van der Waals surface area contributed by atoms with E-state index >= 15 is 0 Å². The van der Waals surface area contributed by atoms with Crippen LogP contribution in [-0.4, -0.2) is 16.1 Å². The highest BCUT2D eigenvalue weighted by Gasteiger charge is 2.21. The van der Waals surface area contributed by atoms with Gasteiger partial charge in [-0.3, -0.25) is 4.79 Å². The van der Waals surface area contributed by atoms with E-state index in [0.717, 1.165) is 28.5 Å². The fourth-order valence-electron chi connectivity index (χ4n) is 3.10. The molecular weight excluding hydrogens is 310 g/mol. The minimum atomic E-state index is -0.814. The summed E-state index contributed by atoms with van der Waals surface area (Å²) in [6, 6.07) is 13.6. The number of nitrogens with one attached hydrogen (secondary N) is 1. The maximum absolute atomic E-state index is 11.4. The van der Waals surface area contributed by atoms with Gasteiger partial charge in [0.1, 0.15) is 0 Å². The number of aliphatic carboxylic acids is 1. The van der Waals surface area contributed by atoms with Crippen LogP contribution in [0.5, 0.6) is 0 Å². The van der Waals surface area contributed by atoms with Crippen LogP contribution in [0.25, 0.3) is 10.9 Å². The summed E-state index contributed by atoms with van der Waals surface area (Å²) < 4.78 is 0. The van der Waals surface area contributed by atoms with Crippen LogP contribution in [0, 0.1) is 0 Å². The number of hydrogen-bond donors (Lipinski definition) is 2. The van der Waals surface area contributed by atoms with Crippen LogP contribution in [0.2, 0.25) is 5.02 Å². The molecule has 23 heavy (non-hydrogen) atoms. The van der Waals surface area contributed by atoms with Gasteiger partial charge in [-0.2, -0.15) is 0 Å². The zero-order valence-electron chi connectivity index (χ0n) is 12.8. The number of benzene rings is 2. The number of hydrogen-bond acceptors (Lipinski definition) is 1. The van der Waals surface area contributed by atoms with Crippen LogP contribution >= 0.6 is 11.6 Å². The number of para-hydroxylation sites is 1. The number of rotatable bonds is 5. The van der Waals surface area contributed by atoms with Crippen molar-refractivity contribution in [2.75, 3.05) is 0 Å². The fraction of sp³-hybridized carbons (Fsp3) is 0.211. The third-order valence-electron chi connectivity index (χ3n) is 4.24. The van der Waals surface area contributed by atoms with Crippen molar-refractivity contribution < 1.29 is 9.90 Å². The Hall–Kier alpha value is -2.26. The lowest BCUT2D eigenvalue weighted by atomic mass is 9.88. The smallest absolute Gasteiger partial charge is 0.304 e. The van der Waals surface area contributed by atoms with Crippen molar-refractivity contribution in [1.29, 1.82) is 0 Å². The molecule has 0 unspecified atom stereocenters. The Morgan fingerprint density at radius 3 is 2.61 bits per heavy atom. The lowest BCUT2D eigenvalue weighted by Gasteiger charge is -2.15. The minimum absolute atomic E-state index is 0.0466. The number of carboxylic acids is 1. The number of halogens is 1. The molecule has 3 aromatic rings. The fourth-order valence-corrected chi connectivity index (χ4v) is 3.22. The summed E-state index contributed by atoms with van der Waals surface area (Å²) in [4.78, 5) is 14.7. The molecule has 0 aliphatic rings. The standard InChI is InChI=1S/C19H18ClNO2/c1-2-12-4-3-5-15-17(11-21-19(12)15)16(10-18(22)23)13-6-8-14(20)9-7-13/h3-9,11,16,21H,2,10H2,1H3,(H,22,23)/t16-/m0/s1. The van der Waals surface area contributed by atoms with E-state index in [4.69, 9.17) is 11.6 Å². The van der Waals surface area contributed by atoms with Crippen molar-refractivity contribution in [3.63, 3.8) is 0 Å². The molecule has 118 valence electrons. The van der Waals surface area contributed by atoms with Gasteiger partial charge in [0.25, 0.3) is 0 Å². The number of H-pyrrole nitrogens is 1. The second-order valence-electron chi connectivity index (χ2n) is 5.64. The summed E-state index contributed by atoms with van der Waals surface area (Å²) in [7, 11) is 0. The van der Waals surface area contributed by atoms with Crippen molar-refractivity contribution in [1.82, 2.24) is 4.98 Å². The molecule has 0 bridgehead atoms. The topological polar surface area (TPSA) is 53.1 Å². The Kier molecular flexibility index (Phi) is 4.39. The molecule has 1 atom stereocenters.